The highest BCUT2D eigenvalue weighted by atomic mass is 16.2. The molecule has 0 saturated carbocycles. The van der Waals surface area contributed by atoms with E-state index in [1.54, 1.807) is 0 Å². The van der Waals surface area contributed by atoms with Crippen molar-refractivity contribution < 1.29 is 4.79 Å². The zero-order chi connectivity index (χ0) is 15.1. The van der Waals surface area contributed by atoms with E-state index >= 15 is 0 Å². The zero-order valence-electron chi connectivity index (χ0n) is 12.4. The lowest BCUT2D eigenvalue weighted by Gasteiger charge is -2.28. The first-order valence-electron chi connectivity index (χ1n) is 7.33. The van der Waals surface area contributed by atoms with Crippen molar-refractivity contribution in [2.24, 2.45) is 7.05 Å². The number of hydrogen-bond acceptors (Lipinski definition) is 2. The first-order valence-corrected chi connectivity index (χ1v) is 7.33. The highest BCUT2D eigenvalue weighted by Crippen LogP contribution is 2.20. The summed E-state index contributed by atoms with van der Waals surface area (Å²) in [6.07, 6.45) is 4.02. The van der Waals surface area contributed by atoms with E-state index in [1.807, 2.05) is 47.0 Å². The molecule has 4 rings (SSSR count). The second-order valence-electron chi connectivity index (χ2n) is 5.59. The molecular formula is C16H17N5O. The minimum absolute atomic E-state index is 0.000379. The molecule has 0 atom stereocenters. The van der Waals surface area contributed by atoms with Crippen molar-refractivity contribution in [3.8, 4) is 11.4 Å². The Morgan fingerprint density at radius 3 is 2.91 bits per heavy atom. The Kier molecular flexibility index (Phi) is 2.89. The maximum atomic E-state index is 12.6. The van der Waals surface area contributed by atoms with Crippen molar-refractivity contribution in [3.63, 3.8) is 0 Å². The maximum absolute atomic E-state index is 12.6. The topological polar surface area (TPSA) is 58.9 Å². The molecule has 0 aromatic carbocycles. The lowest BCUT2D eigenvalue weighted by atomic mass is 10.2. The van der Waals surface area contributed by atoms with Crippen LogP contribution in [0.5, 0.6) is 0 Å². The lowest BCUT2D eigenvalue weighted by molar-refractivity contribution is 0.0705. The van der Waals surface area contributed by atoms with Gasteiger partial charge in [0.15, 0.2) is 0 Å². The summed E-state index contributed by atoms with van der Waals surface area (Å²) in [6, 6.07) is 9.85. The van der Waals surface area contributed by atoms with Gasteiger partial charge in [-0.2, -0.15) is 5.10 Å². The summed E-state index contributed by atoms with van der Waals surface area (Å²) >= 11 is 0. The number of nitrogens with one attached hydrogen (secondary N) is 1. The number of carbonyl (C=O) groups excluding carboxylic acids is 1. The van der Waals surface area contributed by atoms with E-state index in [0.29, 0.717) is 12.2 Å². The lowest BCUT2D eigenvalue weighted by Crippen LogP contribution is -2.38. The monoisotopic (exact) mass is 295 g/mol. The Bertz CT molecular complexity index is 825. The zero-order valence-corrected chi connectivity index (χ0v) is 12.4. The van der Waals surface area contributed by atoms with Crippen LogP contribution in [0.25, 0.3) is 11.4 Å². The third-order valence-electron chi connectivity index (χ3n) is 4.19. The number of H-pyrrole nitrogens is 1. The van der Waals surface area contributed by atoms with Crippen LogP contribution in [0.15, 0.2) is 42.7 Å². The highest BCUT2D eigenvalue weighted by Gasteiger charge is 2.23. The number of hydrogen-bond donors (Lipinski definition) is 1. The molecule has 112 valence electrons. The minimum atomic E-state index is 0.000379. The number of rotatable bonds is 2. The standard InChI is InChI=1S/C16H17N5O/c1-19-6-3-5-15(19)13-10-14(18-17-13)16(22)21-9-8-20-7-2-4-12(20)11-21/h2-7,10H,8-9,11H2,1H3,(H,17,18). The van der Waals surface area contributed by atoms with Gasteiger partial charge in [-0.05, 0) is 30.3 Å². The molecular weight excluding hydrogens is 278 g/mol. The molecule has 3 aromatic heterocycles. The molecule has 1 N–H and O–H groups in total. The molecule has 1 aliphatic rings. The molecule has 0 radical (unpaired) electrons. The van der Waals surface area contributed by atoms with E-state index < -0.39 is 0 Å². The first kappa shape index (κ1) is 12.9. The number of carbonyl (C=O) groups is 1. The molecule has 4 heterocycles. The molecule has 0 saturated heterocycles. The van der Waals surface area contributed by atoms with E-state index in [-0.39, 0.29) is 5.91 Å². The predicted octanol–water partition coefficient (Wildman–Crippen LogP) is 1.87. The van der Waals surface area contributed by atoms with Gasteiger partial charge >= 0.3 is 0 Å². The Balaban J connectivity index is 1.57. The fourth-order valence-electron chi connectivity index (χ4n) is 2.95. The van der Waals surface area contributed by atoms with Gasteiger partial charge in [0.1, 0.15) is 11.4 Å². The summed E-state index contributed by atoms with van der Waals surface area (Å²) in [7, 11) is 1.96. The third-order valence-corrected chi connectivity index (χ3v) is 4.19. The van der Waals surface area contributed by atoms with Gasteiger partial charge < -0.3 is 14.0 Å². The average Bonchev–Trinajstić information content (AvgIpc) is 3.25. The van der Waals surface area contributed by atoms with Crippen molar-refractivity contribution in [2.75, 3.05) is 6.54 Å². The minimum Gasteiger partial charge on any atom is -0.349 e. The van der Waals surface area contributed by atoms with E-state index in [1.165, 1.54) is 5.69 Å². The predicted molar refractivity (Wildman–Crippen MR) is 82.2 cm³/mol. The van der Waals surface area contributed by atoms with Crippen molar-refractivity contribution in [2.45, 2.75) is 13.1 Å². The summed E-state index contributed by atoms with van der Waals surface area (Å²) < 4.78 is 4.17. The molecule has 6 heteroatoms. The van der Waals surface area contributed by atoms with Gasteiger partial charge in [0.2, 0.25) is 0 Å². The van der Waals surface area contributed by atoms with Crippen LogP contribution in [0.3, 0.4) is 0 Å². The van der Waals surface area contributed by atoms with E-state index in [0.717, 1.165) is 24.5 Å². The average molecular weight is 295 g/mol. The van der Waals surface area contributed by atoms with E-state index in [2.05, 4.69) is 27.0 Å². The largest absolute Gasteiger partial charge is 0.349 e. The fourth-order valence-corrected chi connectivity index (χ4v) is 2.95. The summed E-state index contributed by atoms with van der Waals surface area (Å²) in [4.78, 5) is 14.5. The normalized spacial score (nSPS) is 14.1. The quantitative estimate of drug-likeness (QED) is 0.784. The molecule has 6 nitrogen and oxygen atoms in total. The SMILES string of the molecule is Cn1cccc1-c1cc(C(=O)N2CCn3cccc3C2)[nH]n1. The third kappa shape index (κ3) is 2.04. The van der Waals surface area contributed by atoms with Gasteiger partial charge in [-0.25, -0.2) is 0 Å². The van der Waals surface area contributed by atoms with Crippen LogP contribution in [-0.4, -0.2) is 36.7 Å². The van der Waals surface area contributed by atoms with Crippen molar-refractivity contribution in [1.29, 1.82) is 0 Å². The molecule has 0 fully saturated rings. The van der Waals surface area contributed by atoms with Crippen molar-refractivity contribution in [3.05, 3.63) is 54.1 Å². The summed E-state index contributed by atoms with van der Waals surface area (Å²) in [5.74, 6) is 0.000379. The smallest absolute Gasteiger partial charge is 0.272 e. The number of aromatic amines is 1. The van der Waals surface area contributed by atoms with Crippen LogP contribution < -0.4 is 0 Å². The number of nitrogens with zero attached hydrogens (tertiary/aromatic N) is 4. The van der Waals surface area contributed by atoms with Gasteiger partial charge in [0.05, 0.1) is 12.2 Å². The van der Waals surface area contributed by atoms with Crippen molar-refractivity contribution in [1.82, 2.24) is 24.2 Å². The second-order valence-corrected chi connectivity index (χ2v) is 5.59. The molecule has 1 aliphatic heterocycles. The van der Waals surface area contributed by atoms with Gasteiger partial charge in [-0.1, -0.05) is 0 Å². The maximum Gasteiger partial charge on any atom is 0.272 e. The Hall–Kier alpha value is -2.76. The fraction of sp³-hybridized carbons (Fsp3) is 0.250. The van der Waals surface area contributed by atoms with Crippen molar-refractivity contribution >= 4 is 5.91 Å². The molecule has 22 heavy (non-hydrogen) atoms. The molecule has 0 bridgehead atoms. The molecule has 1 amide bonds. The van der Waals surface area contributed by atoms with Gasteiger partial charge in [-0.3, -0.25) is 9.89 Å². The summed E-state index contributed by atoms with van der Waals surface area (Å²) in [6.45, 7) is 2.20. The summed E-state index contributed by atoms with van der Waals surface area (Å²) in [5, 5.41) is 7.15. The van der Waals surface area contributed by atoms with Crippen LogP contribution in [0.2, 0.25) is 0 Å². The molecule has 3 aromatic rings. The van der Waals surface area contributed by atoms with Gasteiger partial charge in [0.25, 0.3) is 5.91 Å². The Labute approximate surface area is 128 Å². The number of amides is 1. The van der Waals surface area contributed by atoms with Crippen LogP contribution in [0, 0.1) is 0 Å². The first-order chi connectivity index (χ1) is 10.7. The van der Waals surface area contributed by atoms with Crippen LogP contribution in [-0.2, 0) is 20.1 Å². The van der Waals surface area contributed by atoms with Crippen LogP contribution in [0.4, 0.5) is 0 Å². The second kappa shape index (κ2) is 4.91. The highest BCUT2D eigenvalue weighted by molar-refractivity contribution is 5.93. The Morgan fingerprint density at radius 1 is 1.23 bits per heavy atom. The number of fused-ring (bicyclic) bond motifs is 1. The molecule has 0 aliphatic carbocycles. The van der Waals surface area contributed by atoms with Gasteiger partial charge in [-0.15, -0.1) is 0 Å². The summed E-state index contributed by atoms with van der Waals surface area (Å²) in [5.41, 5.74) is 3.48. The number of aryl methyl sites for hydroxylation is 1. The van der Waals surface area contributed by atoms with E-state index in [9.17, 15) is 4.79 Å². The number of aromatic nitrogens is 4. The molecule has 0 spiro atoms. The van der Waals surface area contributed by atoms with Crippen LogP contribution >= 0.6 is 0 Å². The van der Waals surface area contributed by atoms with Crippen LogP contribution in [0.1, 0.15) is 16.2 Å². The van der Waals surface area contributed by atoms with E-state index in [4.69, 9.17) is 0 Å². The Morgan fingerprint density at radius 2 is 2.09 bits per heavy atom. The van der Waals surface area contributed by atoms with Gasteiger partial charge in [0, 0.05) is 38.2 Å². The molecule has 0 unspecified atom stereocenters.